The number of piperazine rings is 1. The van der Waals surface area contributed by atoms with E-state index in [1.807, 2.05) is 43.3 Å². The second kappa shape index (κ2) is 10.6. The SMILES string of the molecule is Cc1ccc2c(c1)NC(=O)c1cc(S(=O)(=O)N3CCOCC3)c(N3CCN(Cc4ccccc4)CC3)cc1O2. The lowest BCUT2D eigenvalue weighted by molar-refractivity contribution is 0.0730. The summed E-state index contributed by atoms with van der Waals surface area (Å²) in [6, 6.07) is 19.1. The van der Waals surface area contributed by atoms with Crippen molar-refractivity contribution >= 4 is 27.3 Å². The summed E-state index contributed by atoms with van der Waals surface area (Å²) in [4.78, 5) is 17.9. The van der Waals surface area contributed by atoms with Gasteiger partial charge in [-0.2, -0.15) is 4.31 Å². The zero-order valence-corrected chi connectivity index (χ0v) is 22.7. The molecular weight excluding hydrogens is 516 g/mol. The van der Waals surface area contributed by atoms with Crippen molar-refractivity contribution in [1.82, 2.24) is 9.21 Å². The number of anilines is 2. The molecule has 9 nitrogen and oxygen atoms in total. The maximum absolute atomic E-state index is 14.0. The molecule has 10 heteroatoms. The van der Waals surface area contributed by atoms with Crippen LogP contribution in [0.4, 0.5) is 11.4 Å². The lowest BCUT2D eigenvalue weighted by atomic mass is 10.1. The number of ether oxygens (including phenoxy) is 2. The van der Waals surface area contributed by atoms with Crippen LogP contribution in [0.2, 0.25) is 0 Å². The third kappa shape index (κ3) is 5.25. The second-order valence-electron chi connectivity index (χ2n) is 10.1. The van der Waals surface area contributed by atoms with Gasteiger partial charge in [0.05, 0.1) is 30.2 Å². The minimum atomic E-state index is -3.88. The Kier molecular flexibility index (Phi) is 7.03. The van der Waals surface area contributed by atoms with Gasteiger partial charge in [-0.25, -0.2) is 8.42 Å². The molecule has 0 unspecified atom stereocenters. The van der Waals surface area contributed by atoms with Gasteiger partial charge in [0.15, 0.2) is 5.75 Å². The number of aryl methyl sites for hydroxylation is 1. The first kappa shape index (κ1) is 25.8. The highest BCUT2D eigenvalue weighted by atomic mass is 32.2. The molecule has 3 aliphatic rings. The fourth-order valence-corrected chi connectivity index (χ4v) is 6.95. The van der Waals surface area contributed by atoms with E-state index < -0.39 is 15.9 Å². The van der Waals surface area contributed by atoms with Gasteiger partial charge in [-0.05, 0) is 36.2 Å². The average molecular weight is 549 g/mol. The van der Waals surface area contributed by atoms with E-state index in [1.54, 1.807) is 6.07 Å². The van der Waals surface area contributed by atoms with Gasteiger partial charge in [0.25, 0.3) is 5.91 Å². The Balaban J connectivity index is 1.36. The third-order valence-corrected chi connectivity index (χ3v) is 9.39. The molecule has 0 aromatic heterocycles. The van der Waals surface area contributed by atoms with Crippen LogP contribution in [0, 0.1) is 6.92 Å². The quantitative estimate of drug-likeness (QED) is 0.520. The van der Waals surface area contributed by atoms with E-state index in [0.717, 1.165) is 25.2 Å². The van der Waals surface area contributed by atoms with Gasteiger partial charge in [-0.3, -0.25) is 9.69 Å². The van der Waals surface area contributed by atoms with Crippen molar-refractivity contribution in [3.05, 3.63) is 77.4 Å². The van der Waals surface area contributed by atoms with Gasteiger partial charge >= 0.3 is 0 Å². The first-order valence-electron chi connectivity index (χ1n) is 13.3. The number of rotatable bonds is 5. The third-order valence-electron chi connectivity index (χ3n) is 7.46. The Morgan fingerprint density at radius 3 is 2.36 bits per heavy atom. The normalized spacial score (nSPS) is 18.5. The molecule has 0 aliphatic carbocycles. The number of hydrogen-bond donors (Lipinski definition) is 1. The molecule has 3 aliphatic heterocycles. The molecule has 3 heterocycles. The predicted octanol–water partition coefficient (Wildman–Crippen LogP) is 3.70. The lowest BCUT2D eigenvalue weighted by Gasteiger charge is -2.37. The Bertz CT molecular complexity index is 1480. The second-order valence-corrected chi connectivity index (χ2v) is 12.0. The highest BCUT2D eigenvalue weighted by Gasteiger charge is 2.34. The van der Waals surface area contributed by atoms with Gasteiger partial charge in [0.2, 0.25) is 10.0 Å². The van der Waals surface area contributed by atoms with E-state index in [0.29, 0.717) is 49.2 Å². The molecule has 3 aromatic rings. The summed E-state index contributed by atoms with van der Waals surface area (Å²) in [5.74, 6) is 0.472. The number of hydrogen-bond acceptors (Lipinski definition) is 7. The molecule has 0 atom stereocenters. The minimum absolute atomic E-state index is 0.126. The summed E-state index contributed by atoms with van der Waals surface area (Å²) >= 11 is 0. The van der Waals surface area contributed by atoms with Crippen molar-refractivity contribution in [2.75, 3.05) is 62.7 Å². The number of carbonyl (C=O) groups excluding carboxylic acids is 1. The lowest BCUT2D eigenvalue weighted by Crippen LogP contribution is -2.47. The molecule has 0 spiro atoms. The van der Waals surface area contributed by atoms with Crippen molar-refractivity contribution < 1.29 is 22.7 Å². The van der Waals surface area contributed by atoms with Crippen molar-refractivity contribution in [3.8, 4) is 11.5 Å². The topological polar surface area (TPSA) is 91.4 Å². The number of nitrogens with zero attached hydrogens (tertiary/aromatic N) is 3. The van der Waals surface area contributed by atoms with Crippen molar-refractivity contribution in [1.29, 1.82) is 0 Å². The average Bonchev–Trinajstić information content (AvgIpc) is 3.08. The van der Waals surface area contributed by atoms with E-state index >= 15 is 0 Å². The Morgan fingerprint density at radius 1 is 0.872 bits per heavy atom. The van der Waals surface area contributed by atoms with Gasteiger partial charge in [-0.1, -0.05) is 36.4 Å². The van der Waals surface area contributed by atoms with E-state index in [2.05, 4.69) is 27.2 Å². The number of amides is 1. The first-order chi connectivity index (χ1) is 18.9. The highest BCUT2D eigenvalue weighted by Crippen LogP contribution is 2.41. The Labute approximate surface area is 229 Å². The summed E-state index contributed by atoms with van der Waals surface area (Å²) in [5.41, 5.74) is 3.54. The molecule has 3 aromatic carbocycles. The van der Waals surface area contributed by atoms with Crippen LogP contribution in [0.25, 0.3) is 0 Å². The number of benzene rings is 3. The molecule has 204 valence electrons. The van der Waals surface area contributed by atoms with E-state index in [9.17, 15) is 13.2 Å². The molecular formula is C29H32N4O5S. The van der Waals surface area contributed by atoms with Crippen LogP contribution in [-0.4, -0.2) is 76.0 Å². The molecule has 1 amide bonds. The van der Waals surface area contributed by atoms with Crippen LogP contribution in [0.1, 0.15) is 21.5 Å². The monoisotopic (exact) mass is 548 g/mol. The summed E-state index contributed by atoms with van der Waals surface area (Å²) in [6.45, 7) is 6.89. The van der Waals surface area contributed by atoms with Crippen LogP contribution < -0.4 is 15.0 Å². The molecule has 39 heavy (non-hydrogen) atoms. The smallest absolute Gasteiger partial charge is 0.259 e. The van der Waals surface area contributed by atoms with Gasteiger partial charge in [0.1, 0.15) is 10.6 Å². The molecule has 1 N–H and O–H groups in total. The number of carbonyl (C=O) groups is 1. The standard InChI is InChI=1S/C29H32N4O5S/c1-21-7-8-26-24(17-21)30-29(34)23-18-28(39(35,36)33-13-15-37-16-14-33)25(19-27(23)38-26)32-11-9-31(10-12-32)20-22-5-3-2-4-6-22/h2-8,17-19H,9-16,20H2,1H3,(H,30,34). The summed E-state index contributed by atoms with van der Waals surface area (Å²) in [7, 11) is -3.88. The maximum atomic E-state index is 14.0. The van der Waals surface area contributed by atoms with Crippen LogP contribution in [0.15, 0.2) is 65.6 Å². The van der Waals surface area contributed by atoms with Crippen LogP contribution in [0.5, 0.6) is 11.5 Å². The summed E-state index contributed by atoms with van der Waals surface area (Å²) < 4.78 is 41.0. The van der Waals surface area contributed by atoms with Crippen LogP contribution in [0.3, 0.4) is 0 Å². The fraction of sp³-hybridized carbons (Fsp3) is 0.345. The van der Waals surface area contributed by atoms with E-state index in [1.165, 1.54) is 15.9 Å². The fourth-order valence-electron chi connectivity index (χ4n) is 5.32. The molecule has 6 rings (SSSR count). The first-order valence-corrected chi connectivity index (χ1v) is 14.7. The zero-order chi connectivity index (χ0) is 27.0. The number of fused-ring (bicyclic) bond motifs is 2. The molecule has 2 saturated heterocycles. The minimum Gasteiger partial charge on any atom is -0.454 e. The Morgan fingerprint density at radius 2 is 1.62 bits per heavy atom. The zero-order valence-electron chi connectivity index (χ0n) is 21.9. The van der Waals surface area contributed by atoms with Crippen LogP contribution in [-0.2, 0) is 21.3 Å². The number of nitrogens with one attached hydrogen (secondary N) is 1. The van der Waals surface area contributed by atoms with Crippen molar-refractivity contribution in [2.45, 2.75) is 18.4 Å². The van der Waals surface area contributed by atoms with Gasteiger partial charge in [-0.15, -0.1) is 0 Å². The van der Waals surface area contributed by atoms with Gasteiger partial charge in [0, 0.05) is 51.9 Å². The molecule has 0 bridgehead atoms. The van der Waals surface area contributed by atoms with Crippen molar-refractivity contribution in [2.24, 2.45) is 0 Å². The van der Waals surface area contributed by atoms with Crippen molar-refractivity contribution in [3.63, 3.8) is 0 Å². The maximum Gasteiger partial charge on any atom is 0.259 e. The highest BCUT2D eigenvalue weighted by molar-refractivity contribution is 7.89. The number of sulfonamides is 1. The predicted molar refractivity (Wildman–Crippen MR) is 149 cm³/mol. The van der Waals surface area contributed by atoms with E-state index in [-0.39, 0.29) is 23.5 Å². The summed E-state index contributed by atoms with van der Waals surface area (Å²) in [6.07, 6.45) is 0. The Hall–Kier alpha value is -3.44. The molecule has 0 saturated carbocycles. The molecule has 0 radical (unpaired) electrons. The van der Waals surface area contributed by atoms with Crippen LogP contribution >= 0.6 is 0 Å². The molecule has 2 fully saturated rings. The number of morpholine rings is 1. The summed E-state index contributed by atoms with van der Waals surface area (Å²) in [5, 5.41) is 2.89. The van der Waals surface area contributed by atoms with Gasteiger partial charge < -0.3 is 19.7 Å². The largest absolute Gasteiger partial charge is 0.454 e. The van der Waals surface area contributed by atoms with E-state index in [4.69, 9.17) is 9.47 Å².